The Morgan fingerprint density at radius 1 is 1.00 bits per heavy atom. The van der Waals surface area contributed by atoms with Crippen molar-refractivity contribution in [1.82, 2.24) is 24.0 Å². The van der Waals surface area contributed by atoms with E-state index in [1.807, 2.05) is 0 Å². The lowest BCUT2D eigenvalue weighted by atomic mass is 9.92. The number of alkyl halides is 3. The first kappa shape index (κ1) is 44.7. The van der Waals surface area contributed by atoms with Crippen molar-refractivity contribution in [3.63, 3.8) is 0 Å². The van der Waals surface area contributed by atoms with Crippen LogP contribution in [0.5, 0.6) is 0 Å². The molecule has 0 spiro atoms. The third kappa shape index (κ3) is 9.09. The average Bonchev–Trinajstić information content (AvgIpc) is 3.71. The third-order valence-corrected chi connectivity index (χ3v) is 9.61. The number of amidine groups is 1. The number of anilines is 2. The van der Waals surface area contributed by atoms with E-state index in [-0.39, 0.29) is 29.7 Å². The number of nitrogen functional groups attached to an aromatic ring is 2. The van der Waals surface area contributed by atoms with Gasteiger partial charge >= 0.3 is 17.3 Å². The van der Waals surface area contributed by atoms with E-state index in [4.69, 9.17) is 46.1 Å². The molecule has 0 bridgehead atoms. The SMILES string of the molecule is C#C[C@]1(CO)O[C@@H](n2ccc(N)nc2=O)[C@H](O)[C@@H]1O.C=CC[C@]1(CO)O[C@@H](N2C=CC(N)=NC2=C)C(F)(F)[C@@H]1O.[2H]C([2H])(O)[C@@]1(CN=[N+]=[N-])O[C@@H](n2ccc(N)nc2=O)[C@H](F)[C@@H]1O. The minimum Gasteiger partial charge on any atom is -0.393 e. The Morgan fingerprint density at radius 2 is 1.59 bits per heavy atom. The number of aliphatic imine (C=N–C) groups is 1. The molecular weight excluding hydrogens is 825 g/mol. The van der Waals surface area contributed by atoms with Gasteiger partial charge in [-0.3, -0.25) is 9.13 Å². The summed E-state index contributed by atoms with van der Waals surface area (Å²) < 4.78 is 75.1. The third-order valence-electron chi connectivity index (χ3n) is 9.61. The molecule has 61 heavy (non-hydrogen) atoms. The molecule has 13 N–H and O–H groups in total. The van der Waals surface area contributed by atoms with Gasteiger partial charge in [-0.1, -0.05) is 23.7 Å². The molecule has 332 valence electrons. The second-order valence-electron chi connectivity index (χ2n) is 13.4. The lowest BCUT2D eigenvalue weighted by molar-refractivity contribution is -0.154. The van der Waals surface area contributed by atoms with Crippen LogP contribution in [0.2, 0.25) is 0 Å². The van der Waals surface area contributed by atoms with Gasteiger partial charge in [0.2, 0.25) is 6.23 Å². The molecular formula is C34H43F3N12O12. The van der Waals surface area contributed by atoms with Crippen LogP contribution in [0, 0.1) is 12.3 Å². The first-order valence-electron chi connectivity index (χ1n) is 18.4. The van der Waals surface area contributed by atoms with Crippen LogP contribution in [-0.2, 0) is 14.2 Å². The van der Waals surface area contributed by atoms with Crippen molar-refractivity contribution in [2.45, 2.75) is 78.4 Å². The van der Waals surface area contributed by atoms with E-state index in [1.54, 1.807) is 0 Å². The van der Waals surface area contributed by atoms with Crippen molar-refractivity contribution in [3.8, 4) is 12.3 Å². The van der Waals surface area contributed by atoms with Gasteiger partial charge in [0.05, 0.1) is 29.1 Å². The number of hydrogen-bond acceptors (Lipinski definition) is 20. The smallest absolute Gasteiger partial charge is 0.351 e. The van der Waals surface area contributed by atoms with Gasteiger partial charge in [-0.05, 0) is 30.2 Å². The Morgan fingerprint density at radius 3 is 2.05 bits per heavy atom. The zero-order valence-corrected chi connectivity index (χ0v) is 31.5. The zero-order valence-electron chi connectivity index (χ0n) is 33.5. The Bertz CT molecular complexity index is 2310. The number of azide groups is 1. The molecule has 2 aromatic rings. The van der Waals surface area contributed by atoms with E-state index in [9.17, 15) is 58.5 Å². The molecule has 0 unspecified atom stereocenters. The molecule has 0 saturated carbocycles. The molecule has 3 fully saturated rings. The largest absolute Gasteiger partial charge is 0.393 e. The summed E-state index contributed by atoms with van der Waals surface area (Å²) in [5.41, 5.74) is 16.5. The number of hydrogen-bond donors (Lipinski definition) is 10. The lowest BCUT2D eigenvalue weighted by Crippen LogP contribution is -2.50. The molecule has 3 saturated heterocycles. The fraction of sp³-hybridized carbons (Fsp3) is 0.500. The zero-order chi connectivity index (χ0) is 47.5. The Kier molecular flexibility index (Phi) is 13.8. The van der Waals surface area contributed by atoms with Crippen LogP contribution in [0.15, 0.2) is 81.6 Å². The van der Waals surface area contributed by atoms with Gasteiger partial charge in [-0.15, -0.1) is 13.0 Å². The van der Waals surface area contributed by atoms with Gasteiger partial charge < -0.3 is 72.1 Å². The average molecular weight is 871 g/mol. The first-order chi connectivity index (χ1) is 29.4. The molecule has 0 amide bonds. The van der Waals surface area contributed by atoms with Crippen LogP contribution >= 0.6 is 0 Å². The van der Waals surface area contributed by atoms with Crippen LogP contribution in [0.3, 0.4) is 0 Å². The highest BCUT2D eigenvalue weighted by molar-refractivity contribution is 5.92. The normalized spacial score (nSPS) is 34.3. The highest BCUT2D eigenvalue weighted by Crippen LogP contribution is 2.47. The monoisotopic (exact) mass is 870 g/mol. The maximum atomic E-state index is 14.4. The van der Waals surface area contributed by atoms with Crippen molar-refractivity contribution >= 4 is 17.5 Å². The second-order valence-corrected chi connectivity index (χ2v) is 13.4. The Balaban J connectivity index is 0.000000208. The number of aliphatic hydroxyl groups is 7. The van der Waals surface area contributed by atoms with E-state index in [2.05, 4.69) is 44.1 Å². The van der Waals surface area contributed by atoms with Gasteiger partial charge in [0, 0.05) is 23.5 Å². The quantitative estimate of drug-likeness (QED) is 0.0370. The Hall–Kier alpha value is -5.89. The topological polar surface area (TPSA) is 382 Å². The molecule has 24 nitrogen and oxygen atoms in total. The molecule has 6 rings (SSSR count). The maximum absolute atomic E-state index is 14.4. The van der Waals surface area contributed by atoms with E-state index < -0.39 is 110 Å². The molecule has 27 heteroatoms. The van der Waals surface area contributed by atoms with E-state index in [1.165, 1.54) is 36.7 Å². The second kappa shape index (κ2) is 18.8. The van der Waals surface area contributed by atoms with Gasteiger partial charge in [-0.2, -0.15) is 18.7 Å². The summed E-state index contributed by atoms with van der Waals surface area (Å²) in [6.07, 6.45) is -3.36. The number of ether oxygens (including phenoxy) is 3. The number of aromatic nitrogens is 4. The highest BCUT2D eigenvalue weighted by Gasteiger charge is 2.67. The first-order valence-corrected chi connectivity index (χ1v) is 17.4. The van der Waals surface area contributed by atoms with Crippen LogP contribution in [0.4, 0.5) is 24.8 Å². The summed E-state index contributed by atoms with van der Waals surface area (Å²) in [7, 11) is 0. The summed E-state index contributed by atoms with van der Waals surface area (Å²) in [6.45, 7) is 1.33. The standard InChI is InChI=1S/C13H17F2N3O3.C11H13N3O5.C10H13FN6O4/c1-3-5-12(7-19)10(20)13(14,15)11(21-12)18-6-4-9(16)17-8(18)2;1-2-11(5-15)8(17)7(16)9(19-11)14-4-3-6(12)13-10(14)18;11-6-7(19)10(4-18,3-14-16-13)21-8(6)17-2-1-5(12)15-9(17)20/h3-4,6,10-11,19-20H,1-2,5,7H2,(H2,16,17);1,3-4,7-9,15-17H,5H2,(H2,12,13,18);1-2,6-8,18-19H,3-4H2,(H2,12,15,20)/t10-,11-,12-;7-,8+,9-,11-;6-,7+,8-,10-/m111/s1/i;;4D2. The summed E-state index contributed by atoms with van der Waals surface area (Å²) in [6, 6.07) is 2.50. The number of terminal acetylenes is 1. The molecule has 0 radical (unpaired) electrons. The number of aliphatic hydroxyl groups excluding tert-OH is 6. The van der Waals surface area contributed by atoms with E-state index >= 15 is 0 Å². The van der Waals surface area contributed by atoms with Crippen molar-refractivity contribution in [3.05, 3.63) is 93.3 Å². The van der Waals surface area contributed by atoms with Gasteiger partial charge in [0.15, 0.2) is 30.3 Å². The van der Waals surface area contributed by atoms with Crippen LogP contribution < -0.4 is 28.6 Å². The Labute approximate surface area is 345 Å². The summed E-state index contributed by atoms with van der Waals surface area (Å²) in [4.78, 5) is 37.4. The molecule has 11 atom stereocenters. The van der Waals surface area contributed by atoms with Crippen LogP contribution in [-0.4, -0.2) is 151 Å². The molecule has 2 aromatic heterocycles. The molecule has 0 aliphatic carbocycles. The van der Waals surface area contributed by atoms with E-state index in [0.717, 1.165) is 15.7 Å². The van der Waals surface area contributed by atoms with Crippen LogP contribution in [0.1, 0.15) is 21.6 Å². The fourth-order valence-corrected chi connectivity index (χ4v) is 6.30. The predicted octanol–water partition coefficient (Wildman–Crippen LogP) is -3.16. The number of halogens is 3. The minimum atomic E-state index is -3.64. The fourth-order valence-electron chi connectivity index (χ4n) is 6.30. The number of rotatable bonds is 10. The minimum absolute atomic E-state index is 0.0136. The van der Waals surface area contributed by atoms with Crippen molar-refractivity contribution in [2.24, 2.45) is 15.8 Å². The number of nitrogens with zero attached hydrogens (tertiary/aromatic N) is 9. The summed E-state index contributed by atoms with van der Waals surface area (Å²) >= 11 is 0. The van der Waals surface area contributed by atoms with E-state index in [0.29, 0.717) is 4.57 Å². The molecule has 4 aliphatic rings. The predicted molar refractivity (Wildman–Crippen MR) is 204 cm³/mol. The van der Waals surface area contributed by atoms with Gasteiger partial charge in [0.1, 0.15) is 52.8 Å². The highest BCUT2D eigenvalue weighted by atomic mass is 19.3. The molecule has 0 aromatic carbocycles. The molecule has 6 heterocycles. The van der Waals surface area contributed by atoms with Crippen molar-refractivity contribution < 1.29 is 65.9 Å². The summed E-state index contributed by atoms with van der Waals surface area (Å²) in [5, 5.41) is 71.0. The maximum Gasteiger partial charge on any atom is 0.351 e. The summed E-state index contributed by atoms with van der Waals surface area (Å²) in [5.74, 6) is -1.58. The van der Waals surface area contributed by atoms with Crippen molar-refractivity contribution in [1.29, 1.82) is 0 Å². The van der Waals surface area contributed by atoms with Gasteiger partial charge in [0.25, 0.3) is 0 Å². The van der Waals surface area contributed by atoms with Gasteiger partial charge in [-0.25, -0.2) is 19.0 Å². The number of nitrogens with two attached hydrogens (primary N) is 3. The molecule has 4 aliphatic heterocycles. The van der Waals surface area contributed by atoms with Crippen molar-refractivity contribution in [2.75, 3.05) is 37.8 Å². The lowest BCUT2D eigenvalue weighted by Gasteiger charge is -2.32. The van der Waals surface area contributed by atoms with Crippen LogP contribution in [0.25, 0.3) is 10.4 Å².